The van der Waals surface area contributed by atoms with Gasteiger partial charge in [-0.3, -0.25) is 14.4 Å². The van der Waals surface area contributed by atoms with Crippen molar-refractivity contribution in [3.63, 3.8) is 0 Å². The van der Waals surface area contributed by atoms with Crippen LogP contribution < -0.4 is 21.7 Å². The fourth-order valence-electron chi connectivity index (χ4n) is 1.96. The van der Waals surface area contributed by atoms with E-state index in [2.05, 4.69) is 41.2 Å². The Morgan fingerprint density at radius 2 is 1.52 bits per heavy atom. The van der Waals surface area contributed by atoms with Crippen LogP contribution in [0, 0.1) is 5.92 Å². The van der Waals surface area contributed by atoms with Crippen LogP contribution in [0.1, 0.15) is 20.3 Å². The van der Waals surface area contributed by atoms with Crippen molar-refractivity contribution in [2.24, 2.45) is 11.7 Å². The molecule has 0 heterocycles. The second-order valence-electron chi connectivity index (χ2n) is 5.99. The van der Waals surface area contributed by atoms with E-state index in [1.165, 1.54) is 0 Å². The number of nitrogens with two attached hydrogens (primary N) is 1. The number of aliphatic hydroxyl groups excluding tert-OH is 1. The summed E-state index contributed by atoms with van der Waals surface area (Å²) in [5.74, 6) is -3.70. The van der Waals surface area contributed by atoms with E-state index in [9.17, 15) is 19.2 Å². The van der Waals surface area contributed by atoms with E-state index in [0.29, 0.717) is 6.42 Å². The fourth-order valence-corrected chi connectivity index (χ4v) is 2.38. The number of thiol groups is 2. The lowest BCUT2D eigenvalue weighted by molar-refractivity contribution is -0.143. The number of rotatable bonds is 12. The minimum Gasteiger partial charge on any atom is -0.480 e. The molecule has 7 N–H and O–H groups in total. The highest BCUT2D eigenvalue weighted by Crippen LogP contribution is 2.09. The molecule has 0 aliphatic heterocycles. The third kappa shape index (κ3) is 8.37. The van der Waals surface area contributed by atoms with Crippen molar-refractivity contribution in [3.8, 4) is 0 Å². The zero-order chi connectivity index (χ0) is 21.1. The molecule has 27 heavy (non-hydrogen) atoms. The van der Waals surface area contributed by atoms with Gasteiger partial charge >= 0.3 is 5.97 Å². The molecule has 0 saturated heterocycles. The van der Waals surface area contributed by atoms with Gasteiger partial charge in [-0.2, -0.15) is 25.3 Å². The van der Waals surface area contributed by atoms with Gasteiger partial charge in [-0.05, 0) is 5.92 Å². The fraction of sp³-hybridized carbons (Fsp3) is 0.733. The molecule has 0 aliphatic rings. The van der Waals surface area contributed by atoms with Crippen LogP contribution in [0.5, 0.6) is 0 Å². The van der Waals surface area contributed by atoms with E-state index in [1.807, 2.05) is 0 Å². The first-order chi connectivity index (χ1) is 12.6. The van der Waals surface area contributed by atoms with Crippen LogP contribution in [0.4, 0.5) is 0 Å². The van der Waals surface area contributed by atoms with Crippen molar-refractivity contribution in [1.82, 2.24) is 16.0 Å². The van der Waals surface area contributed by atoms with Gasteiger partial charge in [0.2, 0.25) is 17.7 Å². The predicted octanol–water partition coefficient (Wildman–Crippen LogP) is -2.25. The first-order valence-corrected chi connectivity index (χ1v) is 9.61. The highest BCUT2D eigenvalue weighted by Gasteiger charge is 2.32. The van der Waals surface area contributed by atoms with Gasteiger partial charge in [0.15, 0.2) is 0 Å². The lowest BCUT2D eigenvalue weighted by Gasteiger charge is -2.27. The molecule has 0 aromatic heterocycles. The van der Waals surface area contributed by atoms with Crippen molar-refractivity contribution in [1.29, 1.82) is 0 Å². The lowest BCUT2D eigenvalue weighted by atomic mass is 9.97. The SMILES string of the molecule is CCC(C)C(NC(=O)C(CS)NC(=O)C(N)CS)C(=O)NC(CO)C(=O)O. The summed E-state index contributed by atoms with van der Waals surface area (Å²) in [6.07, 6.45) is 0.512. The average molecular weight is 425 g/mol. The molecule has 3 amide bonds. The zero-order valence-electron chi connectivity index (χ0n) is 15.2. The smallest absolute Gasteiger partial charge is 0.328 e. The summed E-state index contributed by atoms with van der Waals surface area (Å²) >= 11 is 7.94. The van der Waals surface area contributed by atoms with Crippen LogP contribution >= 0.6 is 25.3 Å². The average Bonchev–Trinajstić information content (AvgIpc) is 2.65. The van der Waals surface area contributed by atoms with Gasteiger partial charge in [-0.15, -0.1) is 0 Å². The third-order valence-corrected chi connectivity index (χ3v) is 4.70. The third-order valence-electron chi connectivity index (χ3n) is 3.94. The molecule has 0 aromatic carbocycles. The van der Waals surface area contributed by atoms with Crippen LogP contribution in [0.15, 0.2) is 0 Å². The van der Waals surface area contributed by atoms with Crippen molar-refractivity contribution < 1.29 is 29.4 Å². The maximum absolute atomic E-state index is 12.5. The highest BCUT2D eigenvalue weighted by molar-refractivity contribution is 7.80. The van der Waals surface area contributed by atoms with Crippen LogP contribution in [0.3, 0.4) is 0 Å². The normalized spacial score (nSPS) is 16.4. The summed E-state index contributed by atoms with van der Waals surface area (Å²) in [5, 5.41) is 25.1. The molecule has 0 spiro atoms. The van der Waals surface area contributed by atoms with Gasteiger partial charge in [0, 0.05) is 11.5 Å². The second-order valence-corrected chi connectivity index (χ2v) is 6.72. The van der Waals surface area contributed by atoms with Gasteiger partial charge in [0.05, 0.1) is 12.6 Å². The Morgan fingerprint density at radius 1 is 0.963 bits per heavy atom. The Labute approximate surface area is 168 Å². The van der Waals surface area contributed by atoms with Crippen LogP contribution in [-0.2, 0) is 19.2 Å². The first kappa shape index (κ1) is 25.5. The monoisotopic (exact) mass is 424 g/mol. The number of carbonyl (C=O) groups is 4. The molecule has 12 heteroatoms. The number of aliphatic carboxylic acids is 1. The number of hydrogen-bond donors (Lipinski definition) is 8. The Kier molecular flexibility index (Phi) is 12.1. The summed E-state index contributed by atoms with van der Waals surface area (Å²) < 4.78 is 0. The number of carboxylic acids is 1. The molecule has 5 atom stereocenters. The second kappa shape index (κ2) is 12.8. The topological polar surface area (TPSA) is 171 Å². The quantitative estimate of drug-likeness (QED) is 0.164. The summed E-state index contributed by atoms with van der Waals surface area (Å²) in [6.45, 7) is 2.70. The predicted molar refractivity (Wildman–Crippen MR) is 106 cm³/mol. The van der Waals surface area contributed by atoms with Gasteiger partial charge in [-0.25, -0.2) is 4.79 Å². The summed E-state index contributed by atoms with van der Waals surface area (Å²) in [6, 6.07) is -4.50. The molecular formula is C15H28N4O6S2. The molecule has 156 valence electrons. The Balaban J connectivity index is 5.20. The van der Waals surface area contributed by atoms with Gasteiger partial charge in [0.1, 0.15) is 18.1 Å². The Hall–Kier alpha value is -1.50. The molecule has 0 bridgehead atoms. The van der Waals surface area contributed by atoms with Crippen molar-refractivity contribution in [2.45, 2.75) is 44.4 Å². The maximum atomic E-state index is 12.5. The minimum absolute atomic E-state index is 0.0416. The van der Waals surface area contributed by atoms with Crippen LogP contribution in [0.2, 0.25) is 0 Å². The standard InChI is InChI=1S/C15H28N4O6S2/c1-3-7(2)11(14(23)17-9(4-20)15(24)25)19-13(22)10(6-27)18-12(21)8(16)5-26/h7-11,20,26-27H,3-6,16H2,1-2H3,(H,17,23)(H,18,21)(H,19,22)(H,24,25). The molecule has 0 fully saturated rings. The van der Waals surface area contributed by atoms with Gasteiger partial charge < -0.3 is 31.9 Å². The maximum Gasteiger partial charge on any atom is 0.328 e. The Morgan fingerprint density at radius 3 is 1.93 bits per heavy atom. The van der Waals surface area contributed by atoms with E-state index >= 15 is 0 Å². The Bertz CT molecular complexity index is 536. The van der Waals surface area contributed by atoms with Crippen molar-refractivity contribution in [3.05, 3.63) is 0 Å². The van der Waals surface area contributed by atoms with E-state index in [-0.39, 0.29) is 17.4 Å². The molecule has 5 unspecified atom stereocenters. The molecular weight excluding hydrogens is 396 g/mol. The summed E-state index contributed by atoms with van der Waals surface area (Å²) in [4.78, 5) is 47.7. The number of carbonyl (C=O) groups excluding carboxylic acids is 3. The van der Waals surface area contributed by atoms with Crippen LogP contribution in [-0.4, -0.2) is 76.2 Å². The molecule has 10 nitrogen and oxygen atoms in total. The van der Waals surface area contributed by atoms with Gasteiger partial charge in [-0.1, -0.05) is 20.3 Å². The lowest BCUT2D eigenvalue weighted by Crippen LogP contribution is -2.59. The van der Waals surface area contributed by atoms with Crippen LogP contribution in [0.25, 0.3) is 0 Å². The number of aliphatic hydroxyl groups is 1. The largest absolute Gasteiger partial charge is 0.480 e. The van der Waals surface area contributed by atoms with Gasteiger partial charge in [0.25, 0.3) is 0 Å². The minimum atomic E-state index is -1.49. The number of nitrogens with one attached hydrogen (secondary N) is 3. The first-order valence-electron chi connectivity index (χ1n) is 8.34. The highest BCUT2D eigenvalue weighted by atomic mass is 32.1. The van der Waals surface area contributed by atoms with E-state index in [4.69, 9.17) is 15.9 Å². The van der Waals surface area contributed by atoms with E-state index in [0.717, 1.165) is 0 Å². The molecule has 0 aliphatic carbocycles. The van der Waals surface area contributed by atoms with E-state index in [1.54, 1.807) is 13.8 Å². The number of hydrogen-bond acceptors (Lipinski definition) is 8. The molecule has 0 aromatic rings. The molecule has 0 radical (unpaired) electrons. The van der Waals surface area contributed by atoms with Crippen molar-refractivity contribution in [2.75, 3.05) is 18.1 Å². The van der Waals surface area contributed by atoms with Crippen molar-refractivity contribution >= 4 is 48.9 Å². The molecule has 0 saturated carbocycles. The number of carboxylic acid groups (broad SMARTS) is 1. The molecule has 0 rings (SSSR count). The summed E-state index contributed by atoms with van der Waals surface area (Å²) in [5.41, 5.74) is 5.55. The number of amides is 3. The zero-order valence-corrected chi connectivity index (χ0v) is 17.0. The summed E-state index contributed by atoms with van der Waals surface area (Å²) in [7, 11) is 0. The van der Waals surface area contributed by atoms with E-state index < -0.39 is 54.5 Å².